The van der Waals surface area contributed by atoms with Crippen molar-refractivity contribution in [1.29, 1.82) is 0 Å². The summed E-state index contributed by atoms with van der Waals surface area (Å²) in [6.07, 6.45) is 2.46. The summed E-state index contributed by atoms with van der Waals surface area (Å²) in [5.41, 5.74) is 1.07. The molecule has 0 aliphatic carbocycles. The molecule has 1 fully saturated rings. The van der Waals surface area contributed by atoms with Gasteiger partial charge in [-0.2, -0.15) is 4.31 Å². The van der Waals surface area contributed by atoms with Gasteiger partial charge in [0.2, 0.25) is 10.0 Å². The molecule has 2 rings (SSSR count). The number of hydrogen-bond acceptors (Lipinski definition) is 3. The monoisotopic (exact) mass is 282 g/mol. The van der Waals surface area contributed by atoms with E-state index in [4.69, 9.17) is 0 Å². The summed E-state index contributed by atoms with van der Waals surface area (Å²) in [6.45, 7) is 5.52. The molecular formula is C14H22N2O2S. The van der Waals surface area contributed by atoms with Gasteiger partial charge in [-0.1, -0.05) is 17.7 Å². The van der Waals surface area contributed by atoms with Crippen molar-refractivity contribution < 1.29 is 8.42 Å². The van der Waals surface area contributed by atoms with Crippen LogP contribution in [-0.4, -0.2) is 50.8 Å². The summed E-state index contributed by atoms with van der Waals surface area (Å²) >= 11 is 0. The molecule has 1 aliphatic heterocycles. The lowest BCUT2D eigenvalue weighted by molar-refractivity contribution is 0.310. The zero-order valence-corrected chi connectivity index (χ0v) is 12.5. The van der Waals surface area contributed by atoms with Crippen LogP contribution in [0.2, 0.25) is 0 Å². The molecule has 0 bridgehead atoms. The fourth-order valence-corrected chi connectivity index (χ4v) is 3.46. The number of sulfonamides is 1. The molecule has 0 unspecified atom stereocenters. The van der Waals surface area contributed by atoms with Crippen molar-refractivity contribution in [2.75, 3.05) is 33.2 Å². The molecule has 1 saturated heterocycles. The smallest absolute Gasteiger partial charge is 0.242 e. The van der Waals surface area contributed by atoms with Crippen LogP contribution in [0.4, 0.5) is 0 Å². The van der Waals surface area contributed by atoms with Gasteiger partial charge in [-0.05, 0) is 45.0 Å². The number of hydrogen-bond donors (Lipinski definition) is 0. The van der Waals surface area contributed by atoms with Crippen molar-refractivity contribution in [3.8, 4) is 0 Å². The highest BCUT2D eigenvalue weighted by Gasteiger charge is 2.21. The van der Waals surface area contributed by atoms with E-state index < -0.39 is 10.0 Å². The van der Waals surface area contributed by atoms with Crippen molar-refractivity contribution in [2.45, 2.75) is 24.7 Å². The molecule has 19 heavy (non-hydrogen) atoms. The number of nitrogens with zero attached hydrogens (tertiary/aromatic N) is 2. The molecule has 0 N–H and O–H groups in total. The Kier molecular flexibility index (Phi) is 4.60. The van der Waals surface area contributed by atoms with E-state index >= 15 is 0 Å². The van der Waals surface area contributed by atoms with Crippen LogP contribution in [0.3, 0.4) is 0 Å². The van der Waals surface area contributed by atoms with Gasteiger partial charge in [-0.25, -0.2) is 8.42 Å². The summed E-state index contributed by atoms with van der Waals surface area (Å²) in [7, 11) is -1.68. The van der Waals surface area contributed by atoms with E-state index in [9.17, 15) is 8.42 Å². The first-order valence-electron chi connectivity index (χ1n) is 6.75. The van der Waals surface area contributed by atoms with E-state index in [2.05, 4.69) is 4.90 Å². The summed E-state index contributed by atoms with van der Waals surface area (Å²) < 4.78 is 26.2. The largest absolute Gasteiger partial charge is 0.302 e. The molecule has 0 spiro atoms. The van der Waals surface area contributed by atoms with Gasteiger partial charge in [0.25, 0.3) is 0 Å². The zero-order valence-electron chi connectivity index (χ0n) is 11.7. The quantitative estimate of drug-likeness (QED) is 0.825. The van der Waals surface area contributed by atoms with Crippen LogP contribution < -0.4 is 0 Å². The maximum Gasteiger partial charge on any atom is 0.242 e. The third-order valence-electron chi connectivity index (χ3n) is 3.66. The molecule has 106 valence electrons. The normalized spacial score (nSPS) is 17.2. The number of benzene rings is 1. The van der Waals surface area contributed by atoms with Gasteiger partial charge in [0.1, 0.15) is 0 Å². The fourth-order valence-electron chi connectivity index (χ4n) is 2.30. The number of aryl methyl sites for hydroxylation is 1. The fraction of sp³-hybridized carbons (Fsp3) is 0.571. The highest BCUT2D eigenvalue weighted by molar-refractivity contribution is 7.89. The topological polar surface area (TPSA) is 40.6 Å². The molecule has 1 aliphatic rings. The summed E-state index contributed by atoms with van der Waals surface area (Å²) in [4.78, 5) is 2.70. The lowest BCUT2D eigenvalue weighted by Gasteiger charge is -2.21. The van der Waals surface area contributed by atoms with Gasteiger partial charge in [0.15, 0.2) is 0 Å². The van der Waals surface area contributed by atoms with Crippen molar-refractivity contribution >= 4 is 10.0 Å². The first-order valence-corrected chi connectivity index (χ1v) is 8.19. The van der Waals surface area contributed by atoms with Crippen LogP contribution in [0.5, 0.6) is 0 Å². The molecule has 0 aromatic heterocycles. The van der Waals surface area contributed by atoms with Crippen LogP contribution in [0.15, 0.2) is 29.2 Å². The van der Waals surface area contributed by atoms with E-state index in [1.165, 1.54) is 17.1 Å². The second-order valence-electron chi connectivity index (χ2n) is 5.19. The second kappa shape index (κ2) is 6.03. The van der Waals surface area contributed by atoms with Gasteiger partial charge >= 0.3 is 0 Å². The Morgan fingerprint density at radius 2 is 1.74 bits per heavy atom. The minimum Gasteiger partial charge on any atom is -0.302 e. The predicted octanol–water partition coefficient (Wildman–Crippen LogP) is 1.71. The minimum absolute atomic E-state index is 0.377. The van der Waals surface area contributed by atoms with Crippen LogP contribution in [0.25, 0.3) is 0 Å². The third kappa shape index (κ3) is 3.55. The van der Waals surface area contributed by atoms with Gasteiger partial charge < -0.3 is 4.90 Å². The van der Waals surface area contributed by atoms with E-state index in [1.54, 1.807) is 19.2 Å². The van der Waals surface area contributed by atoms with Gasteiger partial charge in [-0.3, -0.25) is 0 Å². The maximum absolute atomic E-state index is 12.4. The molecule has 1 aromatic rings. The third-order valence-corrected chi connectivity index (χ3v) is 5.53. The van der Waals surface area contributed by atoms with Crippen LogP contribution in [0.1, 0.15) is 18.4 Å². The average Bonchev–Trinajstić information content (AvgIpc) is 2.89. The Morgan fingerprint density at radius 1 is 1.16 bits per heavy atom. The molecule has 1 heterocycles. The Balaban J connectivity index is 1.99. The van der Waals surface area contributed by atoms with Gasteiger partial charge in [0, 0.05) is 20.1 Å². The highest BCUT2D eigenvalue weighted by Crippen LogP contribution is 2.15. The molecule has 1 aromatic carbocycles. The van der Waals surface area contributed by atoms with Crippen LogP contribution in [0, 0.1) is 6.92 Å². The molecule has 0 atom stereocenters. The lowest BCUT2D eigenvalue weighted by Crippen LogP contribution is -2.35. The molecule has 5 heteroatoms. The predicted molar refractivity (Wildman–Crippen MR) is 76.7 cm³/mol. The maximum atomic E-state index is 12.4. The standard InChI is InChI=1S/C14H22N2O2S/c1-13-5-7-14(8-6-13)19(17,18)15(2)11-12-16-9-3-4-10-16/h5-8H,3-4,9-12H2,1-2H3. The Hall–Kier alpha value is -0.910. The van der Waals surface area contributed by atoms with E-state index in [-0.39, 0.29) is 0 Å². The first-order chi connectivity index (χ1) is 9.00. The second-order valence-corrected chi connectivity index (χ2v) is 7.23. The van der Waals surface area contributed by atoms with Gasteiger partial charge in [0.05, 0.1) is 4.90 Å². The SMILES string of the molecule is Cc1ccc(S(=O)(=O)N(C)CCN2CCCC2)cc1. The minimum atomic E-state index is -3.34. The lowest BCUT2D eigenvalue weighted by atomic mass is 10.2. The van der Waals surface area contributed by atoms with Crippen molar-refractivity contribution in [2.24, 2.45) is 0 Å². The number of rotatable bonds is 5. The molecule has 0 amide bonds. The Morgan fingerprint density at radius 3 is 2.32 bits per heavy atom. The molecule has 0 saturated carbocycles. The van der Waals surface area contributed by atoms with Crippen LogP contribution in [-0.2, 0) is 10.0 Å². The van der Waals surface area contributed by atoms with E-state index in [0.717, 1.165) is 25.2 Å². The molecule has 0 radical (unpaired) electrons. The zero-order chi connectivity index (χ0) is 13.9. The van der Waals surface area contributed by atoms with Crippen molar-refractivity contribution in [1.82, 2.24) is 9.21 Å². The summed E-state index contributed by atoms with van der Waals surface area (Å²) in [5, 5.41) is 0. The van der Waals surface area contributed by atoms with E-state index in [1.807, 2.05) is 19.1 Å². The van der Waals surface area contributed by atoms with E-state index in [0.29, 0.717) is 11.4 Å². The molecule has 4 nitrogen and oxygen atoms in total. The Labute approximate surface area is 116 Å². The van der Waals surface area contributed by atoms with Crippen molar-refractivity contribution in [3.05, 3.63) is 29.8 Å². The molecular weight excluding hydrogens is 260 g/mol. The highest BCUT2D eigenvalue weighted by atomic mass is 32.2. The summed E-state index contributed by atoms with van der Waals surface area (Å²) in [5.74, 6) is 0. The average molecular weight is 282 g/mol. The first kappa shape index (κ1) is 14.5. The van der Waals surface area contributed by atoms with Crippen molar-refractivity contribution in [3.63, 3.8) is 0 Å². The van der Waals surface area contributed by atoms with Gasteiger partial charge in [-0.15, -0.1) is 0 Å². The number of likely N-dealkylation sites (tertiary alicyclic amines) is 1. The summed E-state index contributed by atoms with van der Waals surface area (Å²) in [6, 6.07) is 7.02. The Bertz CT molecular complexity index is 505. The van der Waals surface area contributed by atoms with Crippen LogP contribution >= 0.6 is 0 Å². The number of likely N-dealkylation sites (N-methyl/N-ethyl adjacent to an activating group) is 1.